The average molecular weight is 276 g/mol. The van der Waals surface area contributed by atoms with Gasteiger partial charge < -0.3 is 0 Å². The molecule has 0 spiro atoms. The van der Waals surface area contributed by atoms with Gasteiger partial charge >= 0.3 is 0 Å². The predicted molar refractivity (Wildman–Crippen MR) is 57.6 cm³/mol. The molecule has 0 aromatic heterocycles. The molecule has 76 valence electrons. The first kappa shape index (κ1) is 10.1. The van der Waals surface area contributed by atoms with Crippen molar-refractivity contribution in [3.63, 3.8) is 0 Å². The van der Waals surface area contributed by atoms with Crippen LogP contribution in [-0.2, 0) is 10.0 Å². The Morgan fingerprint density at radius 3 is 2.50 bits per heavy atom. The quantitative estimate of drug-likeness (QED) is 0.772. The summed E-state index contributed by atoms with van der Waals surface area (Å²) in [6.07, 6.45) is 0. The number of nitrogens with zero attached hydrogens (tertiary/aromatic N) is 1. The highest BCUT2D eigenvalue weighted by Crippen LogP contribution is 2.28. The molecule has 0 atom stereocenters. The molecule has 0 aliphatic carbocycles. The van der Waals surface area contributed by atoms with E-state index in [0.29, 0.717) is 22.5 Å². The molecule has 1 aliphatic rings. The molecule has 14 heavy (non-hydrogen) atoms. The molecule has 0 amide bonds. The zero-order chi connectivity index (χ0) is 10.3. The highest BCUT2D eigenvalue weighted by atomic mass is 79.9. The molecule has 0 unspecified atom stereocenters. The molecular formula is C9H10BrNO2S. The first-order valence-electron chi connectivity index (χ1n) is 4.28. The summed E-state index contributed by atoms with van der Waals surface area (Å²) in [5.74, 6) is 0. The maximum absolute atomic E-state index is 11.8. The van der Waals surface area contributed by atoms with Crippen molar-refractivity contribution in [3.8, 4) is 0 Å². The van der Waals surface area contributed by atoms with E-state index in [-0.39, 0.29) is 0 Å². The number of hydrogen-bond donors (Lipinski definition) is 0. The molecule has 1 fully saturated rings. The molecule has 0 N–H and O–H groups in total. The van der Waals surface area contributed by atoms with Gasteiger partial charge in [-0.25, -0.2) is 8.42 Å². The number of aryl methyl sites for hydroxylation is 1. The van der Waals surface area contributed by atoms with E-state index in [1.165, 1.54) is 4.31 Å². The number of halogens is 1. The van der Waals surface area contributed by atoms with E-state index in [1.54, 1.807) is 12.1 Å². The van der Waals surface area contributed by atoms with Crippen LogP contribution < -0.4 is 0 Å². The van der Waals surface area contributed by atoms with Gasteiger partial charge in [-0.15, -0.1) is 0 Å². The zero-order valence-electron chi connectivity index (χ0n) is 7.70. The largest absolute Gasteiger partial charge is 0.244 e. The van der Waals surface area contributed by atoms with Crippen molar-refractivity contribution < 1.29 is 8.42 Å². The number of hydrogen-bond acceptors (Lipinski definition) is 2. The van der Waals surface area contributed by atoms with Gasteiger partial charge in [0.1, 0.15) is 0 Å². The lowest BCUT2D eigenvalue weighted by Gasteiger charge is -2.06. The Kier molecular flexibility index (Phi) is 2.41. The van der Waals surface area contributed by atoms with Crippen LogP contribution in [0.2, 0.25) is 0 Å². The van der Waals surface area contributed by atoms with E-state index < -0.39 is 10.0 Å². The van der Waals surface area contributed by atoms with Crippen molar-refractivity contribution >= 4 is 26.0 Å². The fourth-order valence-electron chi connectivity index (χ4n) is 1.24. The maximum atomic E-state index is 11.8. The van der Waals surface area contributed by atoms with Crippen molar-refractivity contribution in [1.82, 2.24) is 4.31 Å². The topological polar surface area (TPSA) is 37.1 Å². The van der Waals surface area contributed by atoms with Crippen LogP contribution in [0.1, 0.15) is 5.56 Å². The van der Waals surface area contributed by atoms with Crippen LogP contribution in [0.25, 0.3) is 0 Å². The molecular weight excluding hydrogens is 266 g/mol. The normalized spacial score (nSPS) is 17.0. The number of sulfonamides is 1. The fraction of sp³-hybridized carbons (Fsp3) is 0.333. The monoisotopic (exact) mass is 275 g/mol. The summed E-state index contributed by atoms with van der Waals surface area (Å²) in [7, 11) is -3.23. The smallest absolute Gasteiger partial charge is 0.207 e. The van der Waals surface area contributed by atoms with Crippen molar-refractivity contribution in [2.75, 3.05) is 13.1 Å². The summed E-state index contributed by atoms with van der Waals surface area (Å²) in [4.78, 5) is 0.362. The molecule has 1 aromatic carbocycles. The molecule has 1 aliphatic heterocycles. The molecule has 1 aromatic rings. The van der Waals surface area contributed by atoms with E-state index in [1.807, 2.05) is 13.0 Å². The molecule has 0 saturated carbocycles. The van der Waals surface area contributed by atoms with Crippen LogP contribution in [0.15, 0.2) is 27.6 Å². The highest BCUT2D eigenvalue weighted by Gasteiger charge is 2.34. The van der Waals surface area contributed by atoms with Gasteiger partial charge in [0.25, 0.3) is 0 Å². The van der Waals surface area contributed by atoms with E-state index in [2.05, 4.69) is 15.9 Å². The minimum atomic E-state index is -3.23. The predicted octanol–water partition coefficient (Wildman–Crippen LogP) is 1.76. The Balaban J connectivity index is 2.51. The van der Waals surface area contributed by atoms with Gasteiger partial charge in [0.2, 0.25) is 10.0 Å². The van der Waals surface area contributed by atoms with Crippen LogP contribution in [0.4, 0.5) is 0 Å². The van der Waals surface area contributed by atoms with Crippen molar-refractivity contribution in [2.24, 2.45) is 0 Å². The van der Waals surface area contributed by atoms with Gasteiger partial charge in [0.15, 0.2) is 0 Å². The third-order valence-electron chi connectivity index (χ3n) is 2.11. The van der Waals surface area contributed by atoms with E-state index >= 15 is 0 Å². The second-order valence-electron chi connectivity index (χ2n) is 3.34. The van der Waals surface area contributed by atoms with Gasteiger partial charge in [-0.3, -0.25) is 0 Å². The fourth-order valence-corrected chi connectivity index (χ4v) is 3.73. The second-order valence-corrected chi connectivity index (χ2v) is 6.10. The van der Waals surface area contributed by atoms with Gasteiger partial charge in [0.05, 0.1) is 4.90 Å². The van der Waals surface area contributed by atoms with Gasteiger partial charge in [-0.2, -0.15) is 4.31 Å². The summed E-state index contributed by atoms with van der Waals surface area (Å²) in [5.41, 5.74) is 1.04. The Hall–Kier alpha value is -0.390. The van der Waals surface area contributed by atoms with E-state index in [4.69, 9.17) is 0 Å². The summed E-state index contributed by atoms with van der Waals surface area (Å²) in [6.45, 7) is 3.21. The SMILES string of the molecule is Cc1ccc(S(=O)(=O)N2CC2)c(Br)c1. The average Bonchev–Trinajstić information content (AvgIpc) is 2.84. The number of benzene rings is 1. The van der Waals surface area contributed by atoms with Crippen LogP contribution in [0, 0.1) is 6.92 Å². The number of rotatable bonds is 2. The lowest BCUT2D eigenvalue weighted by molar-refractivity contribution is 0.562. The van der Waals surface area contributed by atoms with Crippen molar-refractivity contribution in [1.29, 1.82) is 0 Å². The van der Waals surface area contributed by atoms with Crippen molar-refractivity contribution in [3.05, 3.63) is 28.2 Å². The third-order valence-corrected chi connectivity index (χ3v) is 4.99. The Morgan fingerprint density at radius 2 is 2.00 bits per heavy atom. The van der Waals surface area contributed by atoms with Crippen LogP contribution in [0.5, 0.6) is 0 Å². The summed E-state index contributed by atoms with van der Waals surface area (Å²) >= 11 is 3.27. The molecule has 0 bridgehead atoms. The molecule has 2 rings (SSSR count). The van der Waals surface area contributed by atoms with E-state index in [0.717, 1.165) is 5.56 Å². The standard InChI is InChI=1S/C9H10BrNO2S/c1-7-2-3-9(8(10)6-7)14(12,13)11-4-5-11/h2-3,6H,4-5H2,1H3. The van der Waals surface area contributed by atoms with Gasteiger partial charge in [-0.05, 0) is 40.5 Å². The Morgan fingerprint density at radius 1 is 1.36 bits per heavy atom. The van der Waals surface area contributed by atoms with Crippen LogP contribution >= 0.6 is 15.9 Å². The van der Waals surface area contributed by atoms with E-state index in [9.17, 15) is 8.42 Å². The van der Waals surface area contributed by atoms with Crippen LogP contribution in [0.3, 0.4) is 0 Å². The first-order valence-corrected chi connectivity index (χ1v) is 6.51. The Labute approximate surface area is 91.9 Å². The minimum absolute atomic E-state index is 0.362. The molecule has 0 radical (unpaired) electrons. The highest BCUT2D eigenvalue weighted by molar-refractivity contribution is 9.10. The second kappa shape index (κ2) is 3.32. The maximum Gasteiger partial charge on any atom is 0.244 e. The Bertz CT molecular complexity index is 466. The van der Waals surface area contributed by atoms with Gasteiger partial charge in [0, 0.05) is 17.6 Å². The first-order chi connectivity index (χ1) is 6.51. The summed E-state index contributed by atoms with van der Waals surface area (Å²) in [6, 6.07) is 5.27. The third kappa shape index (κ3) is 1.71. The molecule has 1 saturated heterocycles. The molecule has 3 nitrogen and oxygen atoms in total. The molecule has 1 heterocycles. The molecule has 5 heteroatoms. The van der Waals surface area contributed by atoms with Crippen LogP contribution in [-0.4, -0.2) is 25.8 Å². The summed E-state index contributed by atoms with van der Waals surface area (Å²) in [5, 5.41) is 0. The lowest BCUT2D eigenvalue weighted by Crippen LogP contribution is -2.12. The van der Waals surface area contributed by atoms with Crippen molar-refractivity contribution in [2.45, 2.75) is 11.8 Å². The van der Waals surface area contributed by atoms with Gasteiger partial charge in [-0.1, -0.05) is 6.07 Å². The zero-order valence-corrected chi connectivity index (χ0v) is 10.1. The lowest BCUT2D eigenvalue weighted by atomic mass is 10.2. The minimum Gasteiger partial charge on any atom is -0.207 e. The summed E-state index contributed by atoms with van der Waals surface area (Å²) < 4.78 is 25.7.